The van der Waals surface area contributed by atoms with E-state index in [0.29, 0.717) is 0 Å². The standard InChI is InChI=1S/C6H11NO/c1-5-4-7-6(2,3)8-5/h4,7H,1-3H3. The Morgan fingerprint density at radius 1 is 1.62 bits per heavy atom. The molecular formula is C6H11NO. The Bertz CT molecular complexity index is 126. The molecule has 1 aliphatic rings. The van der Waals surface area contributed by atoms with E-state index in [1.165, 1.54) is 0 Å². The summed E-state index contributed by atoms with van der Waals surface area (Å²) in [5.41, 5.74) is -0.177. The number of hydrogen-bond donors (Lipinski definition) is 1. The molecule has 1 rings (SSSR count). The van der Waals surface area contributed by atoms with E-state index in [1.54, 1.807) is 0 Å². The molecule has 0 unspecified atom stereocenters. The first-order valence-corrected chi connectivity index (χ1v) is 2.74. The number of hydrogen-bond acceptors (Lipinski definition) is 2. The van der Waals surface area contributed by atoms with Gasteiger partial charge in [0.2, 0.25) is 0 Å². The predicted molar refractivity (Wildman–Crippen MR) is 32.1 cm³/mol. The van der Waals surface area contributed by atoms with Crippen LogP contribution >= 0.6 is 0 Å². The fourth-order valence-corrected chi connectivity index (χ4v) is 0.737. The zero-order chi connectivity index (χ0) is 6.20. The molecule has 0 radical (unpaired) electrons. The minimum atomic E-state index is -0.177. The lowest BCUT2D eigenvalue weighted by atomic mass is 10.3. The number of ether oxygens (including phenoxy) is 1. The molecule has 0 aromatic rings. The summed E-state index contributed by atoms with van der Waals surface area (Å²) in [5, 5.41) is 3.06. The van der Waals surface area contributed by atoms with Crippen molar-refractivity contribution < 1.29 is 4.74 Å². The van der Waals surface area contributed by atoms with Crippen LogP contribution in [0, 0.1) is 0 Å². The van der Waals surface area contributed by atoms with Crippen LogP contribution in [0.5, 0.6) is 0 Å². The van der Waals surface area contributed by atoms with Crippen LogP contribution in [0.1, 0.15) is 20.8 Å². The highest BCUT2D eigenvalue weighted by Gasteiger charge is 2.21. The van der Waals surface area contributed by atoms with Crippen LogP contribution in [-0.4, -0.2) is 5.72 Å². The lowest BCUT2D eigenvalue weighted by Gasteiger charge is -2.18. The zero-order valence-electron chi connectivity index (χ0n) is 5.49. The maximum Gasteiger partial charge on any atom is 0.174 e. The van der Waals surface area contributed by atoms with E-state index in [1.807, 2.05) is 27.0 Å². The highest BCUT2D eigenvalue weighted by molar-refractivity contribution is 4.97. The van der Waals surface area contributed by atoms with Gasteiger partial charge >= 0.3 is 0 Å². The number of rotatable bonds is 0. The van der Waals surface area contributed by atoms with Gasteiger partial charge in [-0.25, -0.2) is 0 Å². The Kier molecular flexibility index (Phi) is 0.962. The molecule has 0 saturated carbocycles. The third-order valence-corrected chi connectivity index (χ3v) is 1.04. The van der Waals surface area contributed by atoms with E-state index in [2.05, 4.69) is 5.32 Å². The minimum absolute atomic E-state index is 0.177. The summed E-state index contributed by atoms with van der Waals surface area (Å²) < 4.78 is 5.30. The predicted octanol–water partition coefficient (Wildman–Crippen LogP) is 1.20. The second-order valence-electron chi connectivity index (χ2n) is 2.51. The summed E-state index contributed by atoms with van der Waals surface area (Å²) in [6.07, 6.45) is 1.88. The third kappa shape index (κ3) is 0.941. The van der Waals surface area contributed by atoms with Gasteiger partial charge < -0.3 is 10.1 Å². The van der Waals surface area contributed by atoms with Crippen LogP contribution < -0.4 is 5.32 Å². The maximum absolute atomic E-state index is 5.30. The smallest absolute Gasteiger partial charge is 0.174 e. The van der Waals surface area contributed by atoms with Crippen molar-refractivity contribution in [3.05, 3.63) is 12.0 Å². The zero-order valence-corrected chi connectivity index (χ0v) is 5.49. The average Bonchev–Trinajstić information content (AvgIpc) is 1.82. The summed E-state index contributed by atoms with van der Waals surface area (Å²) in [5.74, 6) is 0.954. The van der Waals surface area contributed by atoms with Crippen molar-refractivity contribution in [3.63, 3.8) is 0 Å². The second kappa shape index (κ2) is 1.41. The molecule has 46 valence electrons. The number of nitrogens with one attached hydrogen (secondary N) is 1. The van der Waals surface area contributed by atoms with Crippen LogP contribution in [0.25, 0.3) is 0 Å². The Morgan fingerprint density at radius 2 is 2.25 bits per heavy atom. The number of allylic oxidation sites excluding steroid dienone is 1. The van der Waals surface area contributed by atoms with E-state index in [-0.39, 0.29) is 5.72 Å². The van der Waals surface area contributed by atoms with Gasteiger partial charge in [-0.2, -0.15) is 0 Å². The molecule has 1 aliphatic heterocycles. The van der Waals surface area contributed by atoms with Crippen LogP contribution in [-0.2, 0) is 4.74 Å². The van der Waals surface area contributed by atoms with E-state index in [9.17, 15) is 0 Å². The molecule has 0 saturated heterocycles. The van der Waals surface area contributed by atoms with Gasteiger partial charge in [-0.3, -0.25) is 0 Å². The first-order valence-electron chi connectivity index (χ1n) is 2.74. The van der Waals surface area contributed by atoms with Gasteiger partial charge in [0, 0.05) is 6.20 Å². The van der Waals surface area contributed by atoms with Gasteiger partial charge in [-0.05, 0) is 20.8 Å². The van der Waals surface area contributed by atoms with Gasteiger partial charge in [0.05, 0.1) is 0 Å². The Hall–Kier alpha value is -0.660. The van der Waals surface area contributed by atoms with E-state index in [4.69, 9.17) is 4.74 Å². The molecule has 0 aromatic heterocycles. The van der Waals surface area contributed by atoms with Gasteiger partial charge in [-0.1, -0.05) is 0 Å². The normalized spacial score (nSPS) is 23.6. The fraction of sp³-hybridized carbons (Fsp3) is 0.667. The Morgan fingerprint density at radius 3 is 2.38 bits per heavy atom. The van der Waals surface area contributed by atoms with Crippen molar-refractivity contribution in [2.45, 2.75) is 26.5 Å². The molecular weight excluding hydrogens is 102 g/mol. The van der Waals surface area contributed by atoms with Crippen molar-refractivity contribution in [3.8, 4) is 0 Å². The molecule has 1 heterocycles. The van der Waals surface area contributed by atoms with Crippen LogP contribution in [0.2, 0.25) is 0 Å². The van der Waals surface area contributed by atoms with Crippen molar-refractivity contribution in [1.29, 1.82) is 0 Å². The summed E-state index contributed by atoms with van der Waals surface area (Å²) in [6.45, 7) is 5.90. The summed E-state index contributed by atoms with van der Waals surface area (Å²) in [6, 6.07) is 0. The van der Waals surface area contributed by atoms with Crippen molar-refractivity contribution in [2.75, 3.05) is 0 Å². The Labute approximate surface area is 49.5 Å². The van der Waals surface area contributed by atoms with E-state index < -0.39 is 0 Å². The first kappa shape index (κ1) is 5.48. The van der Waals surface area contributed by atoms with Crippen molar-refractivity contribution in [2.24, 2.45) is 0 Å². The molecule has 0 aliphatic carbocycles. The fourth-order valence-electron chi connectivity index (χ4n) is 0.737. The molecule has 0 amide bonds. The summed E-state index contributed by atoms with van der Waals surface area (Å²) >= 11 is 0. The van der Waals surface area contributed by atoms with Gasteiger partial charge in [0.25, 0.3) is 0 Å². The molecule has 0 bridgehead atoms. The van der Waals surface area contributed by atoms with Gasteiger partial charge in [-0.15, -0.1) is 0 Å². The minimum Gasteiger partial charge on any atom is -0.472 e. The SMILES string of the molecule is CC1=CNC(C)(C)O1. The maximum atomic E-state index is 5.30. The highest BCUT2D eigenvalue weighted by atomic mass is 16.5. The van der Waals surface area contributed by atoms with Crippen LogP contribution in [0.15, 0.2) is 12.0 Å². The molecule has 8 heavy (non-hydrogen) atoms. The molecule has 0 spiro atoms. The third-order valence-electron chi connectivity index (χ3n) is 1.04. The van der Waals surface area contributed by atoms with Crippen molar-refractivity contribution >= 4 is 0 Å². The summed E-state index contributed by atoms with van der Waals surface area (Å²) in [7, 11) is 0. The monoisotopic (exact) mass is 113 g/mol. The summed E-state index contributed by atoms with van der Waals surface area (Å²) in [4.78, 5) is 0. The van der Waals surface area contributed by atoms with Gasteiger partial charge in [0.15, 0.2) is 5.72 Å². The first-order chi connectivity index (χ1) is 3.60. The lowest BCUT2D eigenvalue weighted by Crippen LogP contribution is -2.32. The lowest BCUT2D eigenvalue weighted by molar-refractivity contribution is 0.0444. The van der Waals surface area contributed by atoms with E-state index in [0.717, 1.165) is 5.76 Å². The largest absolute Gasteiger partial charge is 0.472 e. The molecule has 1 N–H and O–H groups in total. The molecule has 0 fully saturated rings. The topological polar surface area (TPSA) is 21.3 Å². The Balaban J connectivity index is 2.55. The van der Waals surface area contributed by atoms with Crippen LogP contribution in [0.3, 0.4) is 0 Å². The van der Waals surface area contributed by atoms with Crippen LogP contribution in [0.4, 0.5) is 0 Å². The molecule has 2 heteroatoms. The average molecular weight is 113 g/mol. The van der Waals surface area contributed by atoms with Crippen molar-refractivity contribution in [1.82, 2.24) is 5.32 Å². The second-order valence-corrected chi connectivity index (χ2v) is 2.51. The molecule has 0 aromatic carbocycles. The quantitative estimate of drug-likeness (QED) is 0.509. The highest BCUT2D eigenvalue weighted by Crippen LogP contribution is 2.16. The van der Waals surface area contributed by atoms with Gasteiger partial charge in [0.1, 0.15) is 5.76 Å². The molecule has 2 nitrogen and oxygen atoms in total. The molecule has 0 atom stereocenters. The van der Waals surface area contributed by atoms with E-state index >= 15 is 0 Å².